The molecule has 0 bridgehead atoms. The molecular formula is C23H23N5O2S. The normalized spacial score (nSPS) is 11.5. The molecule has 0 saturated heterocycles. The Morgan fingerprint density at radius 2 is 1.81 bits per heavy atom. The van der Waals surface area contributed by atoms with Crippen LogP contribution in [0.2, 0.25) is 0 Å². The number of pyridine rings is 1. The molecule has 3 heterocycles. The van der Waals surface area contributed by atoms with Crippen molar-refractivity contribution in [1.29, 1.82) is 0 Å². The number of nitrogens with zero attached hydrogens (tertiary/aromatic N) is 3. The molecule has 0 aliphatic rings. The second-order valence-corrected chi connectivity index (χ2v) is 9.34. The average Bonchev–Trinajstić information content (AvgIpc) is 3.31. The fourth-order valence-corrected chi connectivity index (χ4v) is 3.96. The van der Waals surface area contributed by atoms with E-state index < -0.39 is 5.41 Å². The number of amides is 2. The molecule has 31 heavy (non-hydrogen) atoms. The van der Waals surface area contributed by atoms with E-state index in [9.17, 15) is 9.59 Å². The Balaban J connectivity index is 1.49. The van der Waals surface area contributed by atoms with Crippen LogP contribution in [0.3, 0.4) is 0 Å². The zero-order valence-electron chi connectivity index (χ0n) is 17.8. The molecule has 0 atom stereocenters. The van der Waals surface area contributed by atoms with Crippen LogP contribution in [0, 0.1) is 12.3 Å². The molecule has 1 aromatic carbocycles. The molecular weight excluding hydrogens is 410 g/mol. The molecule has 0 radical (unpaired) electrons. The molecule has 8 heteroatoms. The number of fused-ring (bicyclic) bond motifs is 1. The van der Waals surface area contributed by atoms with E-state index in [4.69, 9.17) is 0 Å². The van der Waals surface area contributed by atoms with Gasteiger partial charge in [0.2, 0.25) is 5.91 Å². The Morgan fingerprint density at radius 3 is 2.52 bits per heavy atom. The van der Waals surface area contributed by atoms with E-state index in [1.54, 1.807) is 18.6 Å². The molecule has 2 amide bonds. The lowest BCUT2D eigenvalue weighted by molar-refractivity contribution is -0.123. The van der Waals surface area contributed by atoms with E-state index in [-0.39, 0.29) is 11.8 Å². The highest BCUT2D eigenvalue weighted by Crippen LogP contribution is 2.29. The van der Waals surface area contributed by atoms with E-state index in [1.165, 1.54) is 11.3 Å². The summed E-state index contributed by atoms with van der Waals surface area (Å²) >= 11 is 1.26. The number of para-hydroxylation sites is 2. The fourth-order valence-electron chi connectivity index (χ4n) is 3.00. The molecule has 0 aliphatic heterocycles. The number of aryl methyl sites for hydroxylation is 1. The Morgan fingerprint density at radius 1 is 1.03 bits per heavy atom. The van der Waals surface area contributed by atoms with Crippen LogP contribution >= 0.6 is 11.3 Å². The maximum Gasteiger partial charge on any atom is 0.266 e. The van der Waals surface area contributed by atoms with Gasteiger partial charge < -0.3 is 10.6 Å². The van der Waals surface area contributed by atoms with Crippen molar-refractivity contribution < 1.29 is 9.59 Å². The largest absolute Gasteiger partial charge is 0.320 e. The quantitative estimate of drug-likeness (QED) is 0.473. The molecule has 4 rings (SSSR count). The minimum Gasteiger partial charge on any atom is -0.320 e. The first-order valence-corrected chi connectivity index (χ1v) is 10.7. The highest BCUT2D eigenvalue weighted by Gasteiger charge is 2.23. The first-order chi connectivity index (χ1) is 14.7. The van der Waals surface area contributed by atoms with Crippen LogP contribution in [0.1, 0.15) is 36.0 Å². The number of anilines is 2. The minimum absolute atomic E-state index is 0.0903. The zero-order chi connectivity index (χ0) is 22.2. The number of imidazole rings is 1. The van der Waals surface area contributed by atoms with Gasteiger partial charge in [0, 0.05) is 5.41 Å². The van der Waals surface area contributed by atoms with Crippen molar-refractivity contribution in [1.82, 2.24) is 14.5 Å². The van der Waals surface area contributed by atoms with Crippen molar-refractivity contribution in [2.45, 2.75) is 27.7 Å². The Kier molecular flexibility index (Phi) is 5.32. The second-order valence-electron chi connectivity index (χ2n) is 8.29. The van der Waals surface area contributed by atoms with Crippen LogP contribution in [0.25, 0.3) is 16.9 Å². The first kappa shape index (κ1) is 20.7. The highest BCUT2D eigenvalue weighted by molar-refractivity contribution is 7.18. The van der Waals surface area contributed by atoms with Gasteiger partial charge in [0.1, 0.15) is 12.1 Å². The van der Waals surface area contributed by atoms with Crippen LogP contribution in [0.4, 0.5) is 10.7 Å². The van der Waals surface area contributed by atoms with Crippen LogP contribution in [0.15, 0.2) is 55.0 Å². The van der Waals surface area contributed by atoms with E-state index in [0.29, 0.717) is 21.4 Å². The van der Waals surface area contributed by atoms with Gasteiger partial charge in [-0.15, -0.1) is 11.3 Å². The van der Waals surface area contributed by atoms with E-state index in [1.807, 2.05) is 68.7 Å². The van der Waals surface area contributed by atoms with Gasteiger partial charge in [0.15, 0.2) is 0 Å². The number of hydrogen-bond acceptors (Lipinski definition) is 5. The summed E-state index contributed by atoms with van der Waals surface area (Å²) in [5.41, 5.74) is 2.75. The molecule has 0 aliphatic carbocycles. The lowest BCUT2D eigenvalue weighted by Gasteiger charge is -2.16. The summed E-state index contributed by atoms with van der Waals surface area (Å²) in [6.45, 7) is 7.39. The van der Waals surface area contributed by atoms with E-state index in [2.05, 4.69) is 20.6 Å². The van der Waals surface area contributed by atoms with Gasteiger partial charge in [-0.3, -0.25) is 14.2 Å². The number of thiophene rings is 1. The van der Waals surface area contributed by atoms with Gasteiger partial charge >= 0.3 is 0 Å². The van der Waals surface area contributed by atoms with Crippen molar-refractivity contribution in [3.05, 3.63) is 65.4 Å². The van der Waals surface area contributed by atoms with Crippen LogP contribution in [0.5, 0.6) is 0 Å². The Hall–Kier alpha value is -3.52. The van der Waals surface area contributed by atoms with Gasteiger partial charge in [0.25, 0.3) is 5.91 Å². The third-order valence-electron chi connectivity index (χ3n) is 4.75. The van der Waals surface area contributed by atoms with Crippen molar-refractivity contribution in [3.8, 4) is 5.82 Å². The van der Waals surface area contributed by atoms with Gasteiger partial charge in [-0.2, -0.15) is 0 Å². The smallest absolute Gasteiger partial charge is 0.266 e. The summed E-state index contributed by atoms with van der Waals surface area (Å²) in [6.07, 6.45) is 3.35. The van der Waals surface area contributed by atoms with Gasteiger partial charge in [-0.25, -0.2) is 9.97 Å². The summed E-state index contributed by atoms with van der Waals surface area (Å²) in [7, 11) is 0. The third-order valence-corrected chi connectivity index (χ3v) is 5.90. The maximum absolute atomic E-state index is 12.8. The lowest BCUT2D eigenvalue weighted by atomic mass is 9.96. The maximum atomic E-state index is 12.8. The number of hydrogen-bond donors (Lipinski definition) is 2. The third kappa shape index (κ3) is 4.34. The fraction of sp³-hybridized carbons (Fsp3) is 0.217. The van der Waals surface area contributed by atoms with Crippen LogP contribution in [-0.4, -0.2) is 26.3 Å². The van der Waals surface area contributed by atoms with Crippen LogP contribution in [-0.2, 0) is 4.79 Å². The number of rotatable bonds is 4. The van der Waals surface area contributed by atoms with Crippen molar-refractivity contribution in [2.75, 3.05) is 10.6 Å². The molecule has 0 saturated carbocycles. The second kappa shape index (κ2) is 7.96. The SMILES string of the molecule is Cc1cc(NC(=O)C(C)(C)C)sc1C(=O)Nc1ccc(-n2cnc3ccccc32)nc1. The predicted molar refractivity (Wildman–Crippen MR) is 124 cm³/mol. The lowest BCUT2D eigenvalue weighted by Crippen LogP contribution is -2.27. The summed E-state index contributed by atoms with van der Waals surface area (Å²) in [5.74, 6) is 0.389. The standard InChI is InChI=1S/C23H23N5O2S/c1-14-11-19(27-22(30)23(2,3)4)31-20(14)21(29)26-15-9-10-18(24-12-15)28-13-25-16-7-5-6-8-17(16)28/h5-13H,1-4H3,(H,26,29)(H,27,30). The summed E-state index contributed by atoms with van der Waals surface area (Å²) in [6, 6.07) is 13.3. The van der Waals surface area contributed by atoms with E-state index >= 15 is 0 Å². The molecule has 2 N–H and O–H groups in total. The van der Waals surface area contributed by atoms with Crippen molar-refractivity contribution >= 4 is 44.9 Å². The van der Waals surface area contributed by atoms with Gasteiger partial charge in [0.05, 0.1) is 32.8 Å². The highest BCUT2D eigenvalue weighted by atomic mass is 32.1. The Labute approximate surface area is 184 Å². The number of nitrogens with one attached hydrogen (secondary N) is 2. The molecule has 0 spiro atoms. The van der Waals surface area contributed by atoms with Crippen molar-refractivity contribution in [3.63, 3.8) is 0 Å². The monoisotopic (exact) mass is 433 g/mol. The molecule has 3 aromatic heterocycles. The molecule has 0 fully saturated rings. The number of carbonyl (C=O) groups is 2. The Bertz CT molecular complexity index is 1270. The molecule has 158 valence electrons. The van der Waals surface area contributed by atoms with Crippen LogP contribution < -0.4 is 10.6 Å². The van der Waals surface area contributed by atoms with Gasteiger partial charge in [-0.05, 0) is 42.8 Å². The number of benzene rings is 1. The van der Waals surface area contributed by atoms with E-state index in [0.717, 1.165) is 16.6 Å². The number of aromatic nitrogens is 3. The topological polar surface area (TPSA) is 88.9 Å². The van der Waals surface area contributed by atoms with Crippen molar-refractivity contribution in [2.24, 2.45) is 5.41 Å². The molecule has 4 aromatic rings. The van der Waals surface area contributed by atoms with Gasteiger partial charge in [-0.1, -0.05) is 32.9 Å². The molecule has 0 unspecified atom stereocenters. The first-order valence-electron chi connectivity index (χ1n) is 9.84. The number of carbonyl (C=O) groups excluding carboxylic acids is 2. The summed E-state index contributed by atoms with van der Waals surface area (Å²) < 4.78 is 1.90. The zero-order valence-corrected chi connectivity index (χ0v) is 18.6. The summed E-state index contributed by atoms with van der Waals surface area (Å²) in [4.78, 5) is 34.4. The minimum atomic E-state index is -0.506. The molecule has 7 nitrogen and oxygen atoms in total. The predicted octanol–water partition coefficient (Wildman–Crippen LogP) is 5.03. The average molecular weight is 434 g/mol. The summed E-state index contributed by atoms with van der Waals surface area (Å²) in [5, 5.41) is 6.41.